The second-order valence-corrected chi connectivity index (χ2v) is 5.98. The number of carbonyl (C=O) groups excluding carboxylic acids is 2. The van der Waals surface area contributed by atoms with Gasteiger partial charge in [-0.2, -0.15) is 5.10 Å². The lowest BCUT2D eigenvalue weighted by molar-refractivity contribution is -0.137. The first kappa shape index (κ1) is 17.6. The van der Waals surface area contributed by atoms with Crippen LogP contribution in [0.1, 0.15) is 24.5 Å². The Bertz CT molecular complexity index is 868. The number of hydrazone groups is 1. The van der Waals surface area contributed by atoms with Crippen molar-refractivity contribution in [3.05, 3.63) is 71.3 Å². The van der Waals surface area contributed by atoms with E-state index in [1.165, 1.54) is 14.0 Å². The van der Waals surface area contributed by atoms with Gasteiger partial charge in [-0.15, -0.1) is 0 Å². The van der Waals surface area contributed by atoms with Crippen LogP contribution >= 0.6 is 0 Å². The van der Waals surface area contributed by atoms with E-state index in [2.05, 4.69) is 16.9 Å². The summed E-state index contributed by atoms with van der Waals surface area (Å²) in [5.74, 6) is -0.948. The van der Waals surface area contributed by atoms with Crippen molar-refractivity contribution in [3.8, 4) is 0 Å². The second-order valence-electron chi connectivity index (χ2n) is 5.98. The van der Waals surface area contributed by atoms with Crippen molar-refractivity contribution in [3.63, 3.8) is 0 Å². The van der Waals surface area contributed by atoms with E-state index in [0.29, 0.717) is 0 Å². The van der Waals surface area contributed by atoms with Gasteiger partial charge < -0.3 is 4.74 Å². The van der Waals surface area contributed by atoms with Crippen LogP contribution in [0, 0.1) is 0 Å². The second kappa shape index (κ2) is 7.78. The van der Waals surface area contributed by atoms with E-state index in [0.717, 1.165) is 35.5 Å². The Labute approximate surface area is 152 Å². The van der Waals surface area contributed by atoms with E-state index in [9.17, 15) is 9.59 Å². The molecule has 1 aliphatic heterocycles. The standard InChI is InChI=1S/C21H20N2O3/c1-15(24)19(21(25)26-2)14-16-8-10-18(11-9-16)23-13-12-20(22-23)17-6-4-3-5-7-17/h3-11,14H,12-13H2,1-2H3. The van der Waals surface area contributed by atoms with Crippen LogP contribution in [-0.4, -0.2) is 31.1 Å². The van der Waals surface area contributed by atoms with Crippen LogP contribution in [0.25, 0.3) is 6.08 Å². The zero-order valence-corrected chi connectivity index (χ0v) is 14.8. The molecule has 2 aromatic carbocycles. The Kier molecular flexibility index (Phi) is 5.27. The molecule has 5 nitrogen and oxygen atoms in total. The first-order valence-corrected chi connectivity index (χ1v) is 8.40. The summed E-state index contributed by atoms with van der Waals surface area (Å²) < 4.78 is 4.65. The number of nitrogens with zero attached hydrogens (tertiary/aromatic N) is 2. The molecule has 0 fully saturated rings. The van der Waals surface area contributed by atoms with Gasteiger partial charge in [0.05, 0.1) is 18.5 Å². The molecule has 0 unspecified atom stereocenters. The molecule has 0 aliphatic carbocycles. The van der Waals surface area contributed by atoms with Gasteiger partial charge in [0, 0.05) is 13.0 Å². The average Bonchev–Trinajstić information content (AvgIpc) is 3.16. The predicted octanol–water partition coefficient (Wildman–Crippen LogP) is 3.45. The highest BCUT2D eigenvalue weighted by Gasteiger charge is 2.18. The maximum Gasteiger partial charge on any atom is 0.341 e. The normalized spacial score (nSPS) is 14.2. The fraction of sp³-hybridized carbons (Fsp3) is 0.190. The smallest absolute Gasteiger partial charge is 0.341 e. The first-order valence-electron chi connectivity index (χ1n) is 8.40. The van der Waals surface area contributed by atoms with Crippen molar-refractivity contribution in [1.82, 2.24) is 0 Å². The SMILES string of the molecule is COC(=O)C(=Cc1ccc(N2CCC(c3ccccc3)=N2)cc1)C(C)=O. The molecule has 26 heavy (non-hydrogen) atoms. The first-order chi connectivity index (χ1) is 12.6. The zero-order valence-electron chi connectivity index (χ0n) is 14.8. The lowest BCUT2D eigenvalue weighted by atomic mass is 10.1. The number of esters is 1. The molecule has 1 heterocycles. The molecule has 1 aliphatic rings. The van der Waals surface area contributed by atoms with E-state index in [1.54, 1.807) is 6.08 Å². The fourth-order valence-electron chi connectivity index (χ4n) is 2.80. The maximum absolute atomic E-state index is 11.7. The molecule has 0 amide bonds. The van der Waals surface area contributed by atoms with Gasteiger partial charge in [-0.05, 0) is 36.3 Å². The molecule has 0 aromatic heterocycles. The highest BCUT2D eigenvalue weighted by atomic mass is 16.5. The number of anilines is 1. The molecule has 5 heteroatoms. The topological polar surface area (TPSA) is 59.0 Å². The summed E-state index contributed by atoms with van der Waals surface area (Å²) in [6.45, 7) is 2.17. The third kappa shape index (κ3) is 3.88. The quantitative estimate of drug-likeness (QED) is 0.359. The molecule has 0 bridgehead atoms. The van der Waals surface area contributed by atoms with Crippen LogP contribution < -0.4 is 5.01 Å². The fourth-order valence-corrected chi connectivity index (χ4v) is 2.80. The monoisotopic (exact) mass is 348 g/mol. The molecule has 0 atom stereocenters. The minimum absolute atomic E-state index is 0.0332. The predicted molar refractivity (Wildman–Crippen MR) is 102 cm³/mol. The lowest BCUT2D eigenvalue weighted by Gasteiger charge is -2.13. The highest BCUT2D eigenvalue weighted by molar-refractivity contribution is 6.19. The van der Waals surface area contributed by atoms with Crippen LogP contribution in [-0.2, 0) is 14.3 Å². The van der Waals surface area contributed by atoms with Crippen LogP contribution in [0.5, 0.6) is 0 Å². The Hall–Kier alpha value is -3.21. The summed E-state index contributed by atoms with van der Waals surface area (Å²) in [5, 5.41) is 6.66. The zero-order chi connectivity index (χ0) is 18.5. The van der Waals surface area contributed by atoms with Crippen LogP contribution in [0.15, 0.2) is 65.3 Å². The lowest BCUT2D eigenvalue weighted by Crippen LogP contribution is -2.12. The molecular formula is C21H20N2O3. The van der Waals surface area contributed by atoms with Crippen LogP contribution in [0.4, 0.5) is 5.69 Å². The van der Waals surface area contributed by atoms with E-state index in [1.807, 2.05) is 47.5 Å². The number of Topliss-reactive ketones (excluding diaryl/α,β-unsaturated/α-hetero) is 1. The molecule has 3 rings (SSSR count). The number of rotatable bonds is 5. The van der Waals surface area contributed by atoms with Crippen molar-refractivity contribution in [1.29, 1.82) is 0 Å². The number of carbonyl (C=O) groups is 2. The number of methoxy groups -OCH3 is 1. The highest BCUT2D eigenvalue weighted by Crippen LogP contribution is 2.23. The summed E-state index contributed by atoms with van der Waals surface area (Å²) in [6.07, 6.45) is 2.43. The third-order valence-electron chi connectivity index (χ3n) is 4.20. The Morgan fingerprint density at radius 2 is 1.77 bits per heavy atom. The Morgan fingerprint density at radius 3 is 2.38 bits per heavy atom. The molecule has 2 aromatic rings. The summed E-state index contributed by atoms with van der Waals surface area (Å²) in [4.78, 5) is 23.3. The molecule has 0 saturated heterocycles. The van der Waals surface area contributed by atoms with Crippen molar-refractivity contribution >= 4 is 29.2 Å². The molecule has 132 valence electrons. The molecule has 0 N–H and O–H groups in total. The molecular weight excluding hydrogens is 328 g/mol. The van der Waals surface area contributed by atoms with Crippen LogP contribution in [0.2, 0.25) is 0 Å². The number of benzene rings is 2. The van der Waals surface area contributed by atoms with E-state index in [4.69, 9.17) is 5.10 Å². The average molecular weight is 348 g/mol. The maximum atomic E-state index is 11.7. The van der Waals surface area contributed by atoms with E-state index >= 15 is 0 Å². The van der Waals surface area contributed by atoms with Crippen molar-refractivity contribution in [2.45, 2.75) is 13.3 Å². The van der Waals surface area contributed by atoms with E-state index in [-0.39, 0.29) is 11.4 Å². The van der Waals surface area contributed by atoms with Gasteiger partial charge in [0.2, 0.25) is 0 Å². The number of ketones is 1. The minimum atomic E-state index is -0.627. The minimum Gasteiger partial charge on any atom is -0.465 e. The van der Waals surface area contributed by atoms with Gasteiger partial charge in [-0.3, -0.25) is 9.80 Å². The summed E-state index contributed by atoms with van der Waals surface area (Å²) >= 11 is 0. The van der Waals surface area contributed by atoms with Gasteiger partial charge in [0.1, 0.15) is 5.57 Å². The number of hydrogen-bond acceptors (Lipinski definition) is 5. The van der Waals surface area contributed by atoms with Crippen LogP contribution in [0.3, 0.4) is 0 Å². The molecule has 0 saturated carbocycles. The number of ether oxygens (including phenoxy) is 1. The Morgan fingerprint density at radius 1 is 1.08 bits per heavy atom. The van der Waals surface area contributed by atoms with Gasteiger partial charge in [0.15, 0.2) is 5.78 Å². The van der Waals surface area contributed by atoms with Crippen molar-refractivity contribution < 1.29 is 14.3 Å². The van der Waals surface area contributed by atoms with E-state index < -0.39 is 5.97 Å². The van der Waals surface area contributed by atoms with Gasteiger partial charge >= 0.3 is 5.97 Å². The summed E-state index contributed by atoms with van der Waals surface area (Å²) in [5.41, 5.74) is 3.97. The molecule has 0 spiro atoms. The summed E-state index contributed by atoms with van der Waals surface area (Å²) in [6, 6.07) is 17.7. The Balaban J connectivity index is 1.79. The molecule has 0 radical (unpaired) electrons. The summed E-state index contributed by atoms with van der Waals surface area (Å²) in [7, 11) is 1.26. The van der Waals surface area contributed by atoms with Gasteiger partial charge in [0.25, 0.3) is 0 Å². The largest absolute Gasteiger partial charge is 0.465 e. The van der Waals surface area contributed by atoms with Crippen molar-refractivity contribution in [2.75, 3.05) is 18.7 Å². The van der Waals surface area contributed by atoms with Gasteiger partial charge in [-0.1, -0.05) is 42.5 Å². The number of hydrogen-bond donors (Lipinski definition) is 0. The van der Waals surface area contributed by atoms with Crippen molar-refractivity contribution in [2.24, 2.45) is 5.10 Å². The van der Waals surface area contributed by atoms with Gasteiger partial charge in [-0.25, -0.2) is 4.79 Å². The third-order valence-corrected chi connectivity index (χ3v) is 4.20.